The van der Waals surface area contributed by atoms with E-state index in [-0.39, 0.29) is 23.8 Å². The van der Waals surface area contributed by atoms with Gasteiger partial charge in [0.05, 0.1) is 18.3 Å². The lowest BCUT2D eigenvalue weighted by Gasteiger charge is -2.33. The molecule has 2 aliphatic rings. The van der Waals surface area contributed by atoms with Crippen molar-refractivity contribution in [2.75, 3.05) is 6.61 Å². The molecule has 0 unspecified atom stereocenters. The molecule has 3 heterocycles. The van der Waals surface area contributed by atoms with E-state index in [9.17, 15) is 9.59 Å². The Labute approximate surface area is 164 Å². The normalized spacial score (nSPS) is 22.0. The molecule has 2 aromatic rings. The average Bonchev–Trinajstić information content (AvgIpc) is 3.11. The number of ether oxygens (including phenoxy) is 1. The van der Waals surface area contributed by atoms with Crippen molar-refractivity contribution in [1.29, 1.82) is 0 Å². The first-order valence-electron chi connectivity index (χ1n) is 9.43. The standard InChI is InChI=1S/C21H24N4O3/c1-21(2,3)20-22-9-14-10-25(11-15(14)23-20)19(27)18-17(24-16(26)12-28-18)13-7-5-4-6-8-13/h4-9,17-18H,10-12H2,1-3H3,(H,24,26)/t17-,18+/m1/s1. The molecule has 2 atom stereocenters. The molecule has 28 heavy (non-hydrogen) atoms. The van der Waals surface area contributed by atoms with Crippen LogP contribution in [0.15, 0.2) is 36.5 Å². The number of nitrogens with zero attached hydrogens (tertiary/aromatic N) is 3. The van der Waals surface area contributed by atoms with Gasteiger partial charge in [0.1, 0.15) is 12.4 Å². The predicted octanol–water partition coefficient (Wildman–Crippen LogP) is 1.87. The van der Waals surface area contributed by atoms with E-state index in [4.69, 9.17) is 4.74 Å². The van der Waals surface area contributed by atoms with Crippen LogP contribution in [0, 0.1) is 0 Å². The van der Waals surface area contributed by atoms with Crippen LogP contribution in [0.25, 0.3) is 0 Å². The molecule has 146 valence electrons. The van der Waals surface area contributed by atoms with E-state index in [0.717, 1.165) is 22.6 Å². The lowest BCUT2D eigenvalue weighted by Crippen LogP contribution is -2.52. The highest BCUT2D eigenvalue weighted by Crippen LogP contribution is 2.29. The second-order valence-electron chi connectivity index (χ2n) is 8.30. The highest BCUT2D eigenvalue weighted by Gasteiger charge is 2.40. The van der Waals surface area contributed by atoms with Crippen molar-refractivity contribution < 1.29 is 14.3 Å². The topological polar surface area (TPSA) is 84.4 Å². The van der Waals surface area contributed by atoms with E-state index in [1.165, 1.54) is 0 Å². The first-order chi connectivity index (χ1) is 13.3. The summed E-state index contributed by atoms with van der Waals surface area (Å²) in [5, 5.41) is 2.90. The van der Waals surface area contributed by atoms with Crippen molar-refractivity contribution in [2.45, 2.75) is 51.4 Å². The van der Waals surface area contributed by atoms with Crippen LogP contribution < -0.4 is 5.32 Å². The minimum Gasteiger partial charge on any atom is -0.356 e. The van der Waals surface area contributed by atoms with Crippen LogP contribution in [-0.4, -0.2) is 39.4 Å². The number of nitrogens with one attached hydrogen (secondary N) is 1. The Morgan fingerprint density at radius 2 is 1.96 bits per heavy atom. The summed E-state index contributed by atoms with van der Waals surface area (Å²) in [5.74, 6) is 0.399. The molecule has 7 heteroatoms. The summed E-state index contributed by atoms with van der Waals surface area (Å²) in [7, 11) is 0. The summed E-state index contributed by atoms with van der Waals surface area (Å²) in [4.78, 5) is 36.0. The summed E-state index contributed by atoms with van der Waals surface area (Å²) >= 11 is 0. The van der Waals surface area contributed by atoms with Gasteiger partial charge >= 0.3 is 0 Å². The number of morpholine rings is 1. The first-order valence-corrected chi connectivity index (χ1v) is 9.43. The minimum atomic E-state index is -0.760. The van der Waals surface area contributed by atoms with Gasteiger partial charge in [-0.05, 0) is 5.56 Å². The maximum atomic E-state index is 13.2. The van der Waals surface area contributed by atoms with Crippen molar-refractivity contribution >= 4 is 11.8 Å². The second-order valence-corrected chi connectivity index (χ2v) is 8.30. The summed E-state index contributed by atoms with van der Waals surface area (Å²) < 4.78 is 5.67. The molecule has 1 aromatic heterocycles. The van der Waals surface area contributed by atoms with Crippen molar-refractivity contribution in [1.82, 2.24) is 20.2 Å². The summed E-state index contributed by atoms with van der Waals surface area (Å²) in [6.45, 7) is 6.96. The number of fused-ring (bicyclic) bond motifs is 1. The minimum absolute atomic E-state index is 0.117. The third-order valence-electron chi connectivity index (χ3n) is 5.05. The molecule has 0 radical (unpaired) electrons. The van der Waals surface area contributed by atoms with Gasteiger partial charge in [-0.2, -0.15) is 0 Å². The Kier molecular flexibility index (Phi) is 4.63. The van der Waals surface area contributed by atoms with Gasteiger partial charge in [-0.15, -0.1) is 0 Å². The third kappa shape index (κ3) is 3.49. The number of aromatic nitrogens is 2. The monoisotopic (exact) mass is 380 g/mol. The van der Waals surface area contributed by atoms with Gasteiger partial charge in [-0.3, -0.25) is 9.59 Å². The van der Waals surface area contributed by atoms with E-state index in [2.05, 4.69) is 36.1 Å². The first kappa shape index (κ1) is 18.6. The molecule has 1 fully saturated rings. The molecule has 0 saturated carbocycles. The summed E-state index contributed by atoms with van der Waals surface area (Å²) in [6, 6.07) is 8.93. The van der Waals surface area contributed by atoms with E-state index in [1.54, 1.807) is 4.90 Å². The zero-order valence-electron chi connectivity index (χ0n) is 16.3. The summed E-state index contributed by atoms with van der Waals surface area (Å²) in [5.41, 5.74) is 2.53. The number of amides is 2. The Morgan fingerprint density at radius 1 is 1.21 bits per heavy atom. The van der Waals surface area contributed by atoms with Gasteiger partial charge in [-0.1, -0.05) is 51.1 Å². The molecule has 1 N–H and O–H groups in total. The lowest BCUT2D eigenvalue weighted by molar-refractivity contribution is -0.155. The molecular weight excluding hydrogens is 356 g/mol. The van der Waals surface area contributed by atoms with Crippen LogP contribution in [0.1, 0.15) is 49.5 Å². The zero-order chi connectivity index (χ0) is 19.9. The fraction of sp³-hybridized carbons (Fsp3) is 0.429. The van der Waals surface area contributed by atoms with Crippen LogP contribution in [0.2, 0.25) is 0 Å². The number of hydrogen-bond donors (Lipinski definition) is 1. The van der Waals surface area contributed by atoms with Gasteiger partial charge in [0, 0.05) is 23.7 Å². The SMILES string of the molecule is CC(C)(C)c1ncc2c(n1)CN(C(=O)[C@H]1OCC(=O)N[C@@H]1c1ccccc1)C2. The smallest absolute Gasteiger partial charge is 0.254 e. The van der Waals surface area contributed by atoms with Crippen LogP contribution in [0.4, 0.5) is 0 Å². The fourth-order valence-electron chi connectivity index (χ4n) is 3.54. The maximum absolute atomic E-state index is 13.2. The van der Waals surface area contributed by atoms with Gasteiger partial charge in [-0.25, -0.2) is 9.97 Å². The zero-order valence-corrected chi connectivity index (χ0v) is 16.3. The van der Waals surface area contributed by atoms with Crippen molar-refractivity contribution in [2.24, 2.45) is 0 Å². The molecule has 4 rings (SSSR count). The highest BCUT2D eigenvalue weighted by molar-refractivity contribution is 5.86. The van der Waals surface area contributed by atoms with Gasteiger partial charge in [0.25, 0.3) is 5.91 Å². The second kappa shape index (κ2) is 6.98. The molecule has 0 spiro atoms. The van der Waals surface area contributed by atoms with Crippen LogP contribution in [0.3, 0.4) is 0 Å². The predicted molar refractivity (Wildman–Crippen MR) is 102 cm³/mol. The Bertz CT molecular complexity index is 908. The molecular formula is C21H24N4O3. The number of carbonyl (C=O) groups is 2. The van der Waals surface area contributed by atoms with Gasteiger partial charge in [0.2, 0.25) is 5.91 Å². The molecule has 1 saturated heterocycles. The van der Waals surface area contributed by atoms with Gasteiger partial charge < -0.3 is 15.0 Å². The molecule has 1 aromatic carbocycles. The number of hydrogen-bond acceptors (Lipinski definition) is 5. The third-order valence-corrected chi connectivity index (χ3v) is 5.05. The number of rotatable bonds is 2. The van der Waals surface area contributed by atoms with E-state index in [1.807, 2.05) is 36.5 Å². The molecule has 0 bridgehead atoms. The molecule has 7 nitrogen and oxygen atoms in total. The van der Waals surface area contributed by atoms with Crippen LogP contribution >= 0.6 is 0 Å². The fourth-order valence-corrected chi connectivity index (χ4v) is 3.54. The Morgan fingerprint density at radius 3 is 2.68 bits per heavy atom. The maximum Gasteiger partial charge on any atom is 0.254 e. The molecule has 2 amide bonds. The van der Waals surface area contributed by atoms with Crippen molar-refractivity contribution in [3.8, 4) is 0 Å². The largest absolute Gasteiger partial charge is 0.356 e. The van der Waals surface area contributed by atoms with Crippen molar-refractivity contribution in [3.05, 3.63) is 59.2 Å². The Hall–Kier alpha value is -2.80. The van der Waals surface area contributed by atoms with Crippen LogP contribution in [0.5, 0.6) is 0 Å². The van der Waals surface area contributed by atoms with E-state index in [0.29, 0.717) is 13.1 Å². The lowest BCUT2D eigenvalue weighted by atomic mass is 9.95. The van der Waals surface area contributed by atoms with E-state index >= 15 is 0 Å². The van der Waals surface area contributed by atoms with Crippen molar-refractivity contribution in [3.63, 3.8) is 0 Å². The highest BCUT2D eigenvalue weighted by atomic mass is 16.5. The number of benzene rings is 1. The Balaban J connectivity index is 1.56. The number of carbonyl (C=O) groups excluding carboxylic acids is 2. The van der Waals surface area contributed by atoms with E-state index < -0.39 is 12.1 Å². The average molecular weight is 380 g/mol. The molecule has 2 aliphatic heterocycles. The van der Waals surface area contributed by atoms with Gasteiger partial charge in [0.15, 0.2) is 6.10 Å². The summed E-state index contributed by atoms with van der Waals surface area (Å²) in [6.07, 6.45) is 1.05. The molecule has 0 aliphatic carbocycles. The quantitative estimate of drug-likeness (QED) is 0.860. The van der Waals surface area contributed by atoms with Crippen LogP contribution in [-0.2, 0) is 32.8 Å².